The van der Waals surface area contributed by atoms with E-state index in [1.165, 1.54) is 10.8 Å². The molecule has 6 aromatic rings. The minimum atomic E-state index is -0.0392. The summed E-state index contributed by atoms with van der Waals surface area (Å²) in [7, 11) is 6.06. The van der Waals surface area contributed by atoms with Crippen molar-refractivity contribution in [2.75, 3.05) is 33.2 Å². The summed E-state index contributed by atoms with van der Waals surface area (Å²) in [6.07, 6.45) is 5.55. The Morgan fingerprint density at radius 2 is 1.05 bits per heavy atom. The summed E-state index contributed by atoms with van der Waals surface area (Å²) in [6, 6.07) is 24.8. The van der Waals surface area contributed by atoms with Gasteiger partial charge >= 0.3 is 0 Å². The van der Waals surface area contributed by atoms with Crippen LogP contribution in [0.25, 0.3) is 43.4 Å². The van der Waals surface area contributed by atoms with Crippen molar-refractivity contribution in [3.05, 3.63) is 96.3 Å². The van der Waals surface area contributed by atoms with E-state index in [0.29, 0.717) is 24.2 Å². The van der Waals surface area contributed by atoms with Gasteiger partial charge in [-0.25, -0.2) is 0 Å². The van der Waals surface area contributed by atoms with Crippen LogP contribution in [0.1, 0.15) is 33.6 Å². The lowest BCUT2D eigenvalue weighted by Gasteiger charge is -2.16. The van der Waals surface area contributed by atoms with Crippen molar-refractivity contribution in [3.63, 3.8) is 0 Å². The number of hydrogen-bond donors (Lipinski definition) is 2. The first kappa shape index (κ1) is 27.5. The van der Waals surface area contributed by atoms with Gasteiger partial charge in [-0.2, -0.15) is 0 Å². The summed E-state index contributed by atoms with van der Waals surface area (Å²) in [5.74, 6) is -0.0784. The van der Waals surface area contributed by atoms with Gasteiger partial charge in [-0.05, 0) is 43.8 Å². The maximum Gasteiger partial charge on any atom is 0.253 e. The van der Waals surface area contributed by atoms with E-state index in [2.05, 4.69) is 59.0 Å². The highest BCUT2D eigenvalue weighted by Gasteiger charge is 2.17. The molecule has 0 radical (unpaired) electrons. The Bertz CT molecular complexity index is 1790. The average Bonchev–Trinajstić information content (AvgIpc) is 3.54. The molecular weight excluding hydrogens is 522 g/mol. The molecule has 6 rings (SSSR count). The standard InChI is InChI=1S/C35H37N5O2/c1-38(20-8-18-36-34(41)30-22-39(2)32-26-12-6-4-10-24(26)14-16-28(30)32)21-9-19-37-35(42)31-23-40(3)33-27-13-7-5-11-25(27)15-17-29(31)33/h4-7,10-17,22-23H,8-9,18-21H2,1-3H3,(H,36,41)(H,37,42). The summed E-state index contributed by atoms with van der Waals surface area (Å²) in [4.78, 5) is 28.3. The molecule has 0 aliphatic heterocycles. The van der Waals surface area contributed by atoms with Crippen molar-refractivity contribution in [3.8, 4) is 0 Å². The summed E-state index contributed by atoms with van der Waals surface area (Å²) in [5, 5.41) is 12.8. The minimum Gasteiger partial charge on any atom is -0.352 e. The molecule has 7 nitrogen and oxygen atoms in total. The van der Waals surface area contributed by atoms with Gasteiger partial charge in [0.1, 0.15) is 0 Å². The van der Waals surface area contributed by atoms with Crippen molar-refractivity contribution in [1.82, 2.24) is 24.7 Å². The van der Waals surface area contributed by atoms with E-state index in [-0.39, 0.29) is 11.8 Å². The topological polar surface area (TPSA) is 71.3 Å². The van der Waals surface area contributed by atoms with Gasteiger partial charge in [0.25, 0.3) is 11.8 Å². The molecule has 0 aliphatic rings. The fourth-order valence-electron chi connectivity index (χ4n) is 6.13. The quantitative estimate of drug-likeness (QED) is 0.207. The number of nitrogens with one attached hydrogen (secondary N) is 2. The first-order valence-corrected chi connectivity index (χ1v) is 14.6. The molecule has 42 heavy (non-hydrogen) atoms. The van der Waals surface area contributed by atoms with Gasteiger partial charge in [0.15, 0.2) is 0 Å². The number of carbonyl (C=O) groups excluding carboxylic acids is 2. The highest BCUT2D eigenvalue weighted by molar-refractivity contribution is 6.15. The lowest BCUT2D eigenvalue weighted by molar-refractivity contribution is 0.0947. The predicted octanol–water partition coefficient (Wildman–Crippen LogP) is 5.85. The first-order valence-electron chi connectivity index (χ1n) is 14.6. The van der Waals surface area contributed by atoms with Crippen LogP contribution >= 0.6 is 0 Å². The zero-order valence-corrected chi connectivity index (χ0v) is 24.5. The number of amides is 2. The van der Waals surface area contributed by atoms with Crippen LogP contribution in [-0.2, 0) is 14.1 Å². The van der Waals surface area contributed by atoms with Crippen LogP contribution in [0.2, 0.25) is 0 Å². The zero-order chi connectivity index (χ0) is 29.2. The van der Waals surface area contributed by atoms with E-state index < -0.39 is 0 Å². The SMILES string of the molecule is CN(CCCNC(=O)c1cn(C)c2c1ccc1ccccc12)CCCNC(=O)c1cn(C)c2c1ccc1ccccc12. The lowest BCUT2D eigenvalue weighted by atomic mass is 10.1. The maximum atomic E-state index is 13.0. The van der Waals surface area contributed by atoms with Crippen molar-refractivity contribution in [2.24, 2.45) is 14.1 Å². The molecule has 4 aromatic carbocycles. The lowest BCUT2D eigenvalue weighted by Crippen LogP contribution is -2.30. The summed E-state index contributed by atoms with van der Waals surface area (Å²) in [6.45, 7) is 2.95. The molecular formula is C35H37N5O2. The van der Waals surface area contributed by atoms with Crippen LogP contribution in [0.5, 0.6) is 0 Å². The maximum absolute atomic E-state index is 13.0. The Morgan fingerprint density at radius 1 is 0.619 bits per heavy atom. The van der Waals surface area contributed by atoms with Crippen LogP contribution in [0.15, 0.2) is 85.2 Å². The van der Waals surface area contributed by atoms with Crippen molar-refractivity contribution < 1.29 is 9.59 Å². The van der Waals surface area contributed by atoms with E-state index >= 15 is 0 Å². The zero-order valence-electron chi connectivity index (χ0n) is 24.5. The Hall–Kier alpha value is -4.62. The molecule has 2 aromatic heterocycles. The Kier molecular flexibility index (Phi) is 7.68. The highest BCUT2D eigenvalue weighted by Crippen LogP contribution is 2.30. The third kappa shape index (κ3) is 5.23. The molecule has 0 unspecified atom stereocenters. The van der Waals surface area contributed by atoms with Crippen LogP contribution in [0.3, 0.4) is 0 Å². The number of nitrogens with zero attached hydrogens (tertiary/aromatic N) is 3. The number of fused-ring (bicyclic) bond motifs is 6. The Labute approximate surface area is 245 Å². The van der Waals surface area contributed by atoms with Crippen LogP contribution in [0, 0.1) is 0 Å². The largest absolute Gasteiger partial charge is 0.352 e. The fraction of sp³-hybridized carbons (Fsp3) is 0.257. The van der Waals surface area contributed by atoms with Crippen LogP contribution in [0.4, 0.5) is 0 Å². The third-order valence-electron chi connectivity index (χ3n) is 8.23. The van der Waals surface area contributed by atoms with Gasteiger partial charge in [-0.1, -0.05) is 72.8 Å². The normalized spacial score (nSPS) is 11.7. The summed E-state index contributed by atoms with van der Waals surface area (Å²) in [5.41, 5.74) is 3.58. The van der Waals surface area contributed by atoms with E-state index in [4.69, 9.17) is 0 Å². The van der Waals surface area contributed by atoms with Gasteiger partial charge in [0.2, 0.25) is 0 Å². The second-order valence-electron chi connectivity index (χ2n) is 11.2. The molecule has 2 N–H and O–H groups in total. The molecule has 0 saturated heterocycles. The summed E-state index contributed by atoms with van der Waals surface area (Å²) < 4.78 is 4.09. The van der Waals surface area contributed by atoms with E-state index in [1.807, 2.05) is 72.0 Å². The number of carbonyl (C=O) groups is 2. The smallest absolute Gasteiger partial charge is 0.253 e. The van der Waals surface area contributed by atoms with Gasteiger partial charge in [0.05, 0.1) is 22.2 Å². The first-order chi connectivity index (χ1) is 20.4. The highest BCUT2D eigenvalue weighted by atomic mass is 16.2. The van der Waals surface area contributed by atoms with Crippen molar-refractivity contribution in [2.45, 2.75) is 12.8 Å². The number of benzene rings is 4. The summed E-state index contributed by atoms with van der Waals surface area (Å²) >= 11 is 0. The van der Waals surface area contributed by atoms with Crippen LogP contribution in [-0.4, -0.2) is 59.1 Å². The Morgan fingerprint density at radius 3 is 1.50 bits per heavy atom. The minimum absolute atomic E-state index is 0.0392. The molecule has 0 aliphatic carbocycles. The molecule has 0 fully saturated rings. The number of aryl methyl sites for hydroxylation is 2. The molecule has 2 amide bonds. The third-order valence-corrected chi connectivity index (χ3v) is 8.23. The Balaban J connectivity index is 0.957. The molecule has 0 bridgehead atoms. The fourth-order valence-corrected chi connectivity index (χ4v) is 6.13. The van der Waals surface area contributed by atoms with Gasteiger partial charge in [0, 0.05) is 61.1 Å². The molecule has 0 atom stereocenters. The van der Waals surface area contributed by atoms with Crippen molar-refractivity contribution in [1.29, 1.82) is 0 Å². The van der Waals surface area contributed by atoms with Gasteiger partial charge in [-0.15, -0.1) is 0 Å². The van der Waals surface area contributed by atoms with E-state index in [0.717, 1.165) is 58.5 Å². The molecule has 2 heterocycles. The number of hydrogen-bond acceptors (Lipinski definition) is 3. The van der Waals surface area contributed by atoms with Crippen molar-refractivity contribution >= 4 is 55.2 Å². The molecule has 214 valence electrons. The predicted molar refractivity (Wildman–Crippen MR) is 172 cm³/mol. The van der Waals surface area contributed by atoms with Gasteiger partial charge < -0.3 is 24.7 Å². The monoisotopic (exact) mass is 559 g/mol. The second kappa shape index (κ2) is 11.7. The number of rotatable bonds is 10. The average molecular weight is 560 g/mol. The number of aromatic nitrogens is 2. The molecule has 7 heteroatoms. The molecule has 0 saturated carbocycles. The van der Waals surface area contributed by atoms with E-state index in [1.54, 1.807) is 0 Å². The van der Waals surface area contributed by atoms with E-state index in [9.17, 15) is 9.59 Å². The second-order valence-corrected chi connectivity index (χ2v) is 11.2. The van der Waals surface area contributed by atoms with Crippen LogP contribution < -0.4 is 10.6 Å². The molecule has 0 spiro atoms. The van der Waals surface area contributed by atoms with Gasteiger partial charge in [-0.3, -0.25) is 9.59 Å².